The fourth-order valence-electron chi connectivity index (χ4n) is 3.51. The van der Waals surface area contributed by atoms with Crippen LogP contribution in [-0.2, 0) is 16.0 Å². The molecule has 0 aliphatic carbocycles. The minimum atomic E-state index is -0.788. The van der Waals surface area contributed by atoms with Gasteiger partial charge in [0, 0.05) is 25.9 Å². The van der Waals surface area contributed by atoms with Gasteiger partial charge in [-0.1, -0.05) is 6.07 Å². The molecule has 0 saturated carbocycles. The van der Waals surface area contributed by atoms with Gasteiger partial charge in [0.2, 0.25) is 0 Å². The highest BCUT2D eigenvalue weighted by Gasteiger charge is 2.39. The van der Waals surface area contributed by atoms with E-state index in [4.69, 9.17) is 4.74 Å². The van der Waals surface area contributed by atoms with Gasteiger partial charge in [-0.15, -0.1) is 12.4 Å². The molecule has 7 nitrogen and oxygen atoms in total. The van der Waals surface area contributed by atoms with Crippen LogP contribution < -0.4 is 20.9 Å². The van der Waals surface area contributed by atoms with Crippen molar-refractivity contribution < 1.29 is 14.3 Å². The lowest BCUT2D eigenvalue weighted by Gasteiger charge is -2.34. The average Bonchev–Trinajstić information content (AvgIpc) is 3.05. The van der Waals surface area contributed by atoms with Gasteiger partial charge < -0.3 is 20.7 Å². The number of carbonyl (C=O) groups excluding carboxylic acids is 2. The Bertz CT molecular complexity index is 662. The summed E-state index contributed by atoms with van der Waals surface area (Å²) in [5, 5.41) is 9.05. The zero-order valence-electron chi connectivity index (χ0n) is 15.3. The first-order chi connectivity index (χ1) is 12.1. The van der Waals surface area contributed by atoms with E-state index in [2.05, 4.69) is 16.0 Å². The van der Waals surface area contributed by atoms with Crippen LogP contribution in [0.1, 0.15) is 25.3 Å². The molecule has 0 atom stereocenters. The predicted molar refractivity (Wildman–Crippen MR) is 104 cm³/mol. The lowest BCUT2D eigenvalue weighted by Crippen LogP contribution is -2.51. The molecule has 26 heavy (non-hydrogen) atoms. The highest BCUT2D eigenvalue weighted by atomic mass is 35.5. The van der Waals surface area contributed by atoms with Gasteiger partial charge in [-0.05, 0) is 57.0 Å². The molecule has 144 valence electrons. The summed E-state index contributed by atoms with van der Waals surface area (Å²) in [5.41, 5.74) is 1.88. The summed E-state index contributed by atoms with van der Waals surface area (Å²) in [6.07, 6.45) is 2.12. The quantitative estimate of drug-likeness (QED) is 0.742. The maximum absolute atomic E-state index is 12.8. The van der Waals surface area contributed by atoms with E-state index in [0.29, 0.717) is 31.6 Å². The van der Waals surface area contributed by atoms with Crippen LogP contribution in [0.4, 0.5) is 16.2 Å². The molecular formula is C18H27ClN4O3. The zero-order valence-corrected chi connectivity index (χ0v) is 16.1. The van der Waals surface area contributed by atoms with Crippen molar-refractivity contribution in [1.82, 2.24) is 10.6 Å². The number of amides is 3. The van der Waals surface area contributed by atoms with Gasteiger partial charge in [-0.2, -0.15) is 0 Å². The third-order valence-electron chi connectivity index (χ3n) is 5.03. The van der Waals surface area contributed by atoms with Gasteiger partial charge in [0.25, 0.3) is 5.91 Å². The van der Waals surface area contributed by atoms with Crippen LogP contribution in [-0.4, -0.2) is 50.8 Å². The Morgan fingerprint density at radius 3 is 2.69 bits per heavy atom. The van der Waals surface area contributed by atoms with Gasteiger partial charge in [-0.3, -0.25) is 9.69 Å². The van der Waals surface area contributed by atoms with Crippen LogP contribution in [0, 0.1) is 0 Å². The number of piperidine rings is 1. The number of carbonyl (C=O) groups is 2. The van der Waals surface area contributed by atoms with E-state index in [9.17, 15) is 9.59 Å². The maximum Gasteiger partial charge on any atom is 0.321 e. The number of hydrogen-bond donors (Lipinski definition) is 3. The van der Waals surface area contributed by atoms with Crippen LogP contribution in [0.5, 0.6) is 0 Å². The molecule has 0 aromatic heterocycles. The number of methoxy groups -OCH3 is 1. The van der Waals surface area contributed by atoms with Gasteiger partial charge in [-0.25, -0.2) is 4.79 Å². The van der Waals surface area contributed by atoms with Crippen molar-refractivity contribution in [2.75, 3.05) is 43.5 Å². The molecule has 2 aliphatic rings. The molecule has 0 unspecified atom stereocenters. The number of hydrogen-bond acceptors (Lipinski definition) is 4. The molecule has 3 rings (SSSR count). The highest BCUT2D eigenvalue weighted by molar-refractivity contribution is 5.99. The smallest absolute Gasteiger partial charge is 0.321 e. The van der Waals surface area contributed by atoms with E-state index in [-0.39, 0.29) is 24.3 Å². The summed E-state index contributed by atoms with van der Waals surface area (Å²) in [5.74, 6) is -0.126. The fourth-order valence-corrected chi connectivity index (χ4v) is 3.51. The molecule has 3 N–H and O–H groups in total. The van der Waals surface area contributed by atoms with Gasteiger partial charge in [0.15, 0.2) is 0 Å². The molecule has 1 aromatic carbocycles. The Morgan fingerprint density at radius 1 is 1.31 bits per heavy atom. The lowest BCUT2D eigenvalue weighted by molar-refractivity contribution is -0.140. The van der Waals surface area contributed by atoms with Crippen molar-refractivity contribution in [2.24, 2.45) is 0 Å². The van der Waals surface area contributed by atoms with Crippen molar-refractivity contribution in [1.29, 1.82) is 0 Å². The summed E-state index contributed by atoms with van der Waals surface area (Å²) in [7, 11) is 1.59. The van der Waals surface area contributed by atoms with Crippen LogP contribution in [0.2, 0.25) is 0 Å². The van der Waals surface area contributed by atoms with E-state index in [1.54, 1.807) is 12.0 Å². The van der Waals surface area contributed by atoms with E-state index < -0.39 is 5.60 Å². The summed E-state index contributed by atoms with van der Waals surface area (Å²) in [6, 6.07) is 5.64. The van der Waals surface area contributed by atoms with E-state index in [1.807, 2.05) is 25.1 Å². The molecule has 8 heteroatoms. The third-order valence-corrected chi connectivity index (χ3v) is 5.03. The molecule has 3 amide bonds. The first kappa shape index (κ1) is 20.5. The fraction of sp³-hybridized carbons (Fsp3) is 0.556. The summed E-state index contributed by atoms with van der Waals surface area (Å²) >= 11 is 0. The van der Waals surface area contributed by atoms with Crippen molar-refractivity contribution >= 4 is 35.7 Å². The molecule has 0 bridgehead atoms. The summed E-state index contributed by atoms with van der Waals surface area (Å²) < 4.78 is 5.57. The third kappa shape index (κ3) is 3.95. The number of benzene rings is 1. The van der Waals surface area contributed by atoms with Crippen molar-refractivity contribution in [2.45, 2.75) is 31.8 Å². The van der Waals surface area contributed by atoms with E-state index >= 15 is 0 Å². The second-order valence-corrected chi connectivity index (χ2v) is 6.48. The summed E-state index contributed by atoms with van der Waals surface area (Å²) in [6.45, 7) is 4.67. The zero-order chi connectivity index (χ0) is 17.9. The number of halogens is 1. The van der Waals surface area contributed by atoms with E-state index in [0.717, 1.165) is 30.8 Å². The standard InChI is InChI=1S/C18H26N4O3.ClH/c1-3-20-17(24)22-11-6-13-4-5-14(12-15(13)22)21-16(23)18(25-2)7-9-19-10-8-18;/h4-5,12,19H,3,6-11H2,1-2H3,(H,20,24)(H,21,23);1H. The maximum atomic E-state index is 12.8. The predicted octanol–water partition coefficient (Wildman–Crippen LogP) is 1.91. The Morgan fingerprint density at radius 2 is 2.04 bits per heavy atom. The Balaban J connectivity index is 0.00000243. The van der Waals surface area contributed by atoms with Crippen LogP contribution in [0.25, 0.3) is 0 Å². The van der Waals surface area contributed by atoms with Crippen LogP contribution in [0.15, 0.2) is 18.2 Å². The number of nitrogens with one attached hydrogen (secondary N) is 3. The minimum Gasteiger partial charge on any atom is -0.368 e. The SMILES string of the molecule is CCNC(=O)N1CCc2ccc(NC(=O)C3(OC)CCNCC3)cc21.Cl. The summed E-state index contributed by atoms with van der Waals surface area (Å²) in [4.78, 5) is 26.7. The Kier molecular flexibility index (Phi) is 6.86. The topological polar surface area (TPSA) is 82.7 Å². The van der Waals surface area contributed by atoms with Gasteiger partial charge >= 0.3 is 6.03 Å². The normalized spacial score (nSPS) is 17.8. The van der Waals surface area contributed by atoms with Gasteiger partial charge in [0.1, 0.15) is 5.60 Å². The minimum absolute atomic E-state index is 0. The average molecular weight is 383 g/mol. The molecule has 1 saturated heterocycles. The first-order valence-corrected chi connectivity index (χ1v) is 8.85. The number of ether oxygens (including phenoxy) is 1. The van der Waals surface area contributed by atoms with Crippen LogP contribution in [0.3, 0.4) is 0 Å². The van der Waals surface area contributed by atoms with Crippen molar-refractivity contribution in [3.8, 4) is 0 Å². The van der Waals surface area contributed by atoms with Crippen molar-refractivity contribution in [3.05, 3.63) is 23.8 Å². The monoisotopic (exact) mass is 382 g/mol. The molecule has 2 heterocycles. The second-order valence-electron chi connectivity index (χ2n) is 6.48. The number of fused-ring (bicyclic) bond motifs is 1. The van der Waals surface area contributed by atoms with E-state index in [1.165, 1.54) is 0 Å². The van der Waals surface area contributed by atoms with Crippen molar-refractivity contribution in [3.63, 3.8) is 0 Å². The molecule has 1 fully saturated rings. The Hall–Kier alpha value is -1.83. The number of rotatable bonds is 4. The first-order valence-electron chi connectivity index (χ1n) is 8.85. The molecule has 2 aliphatic heterocycles. The Labute approximate surface area is 160 Å². The number of urea groups is 1. The molecule has 0 spiro atoms. The largest absolute Gasteiger partial charge is 0.368 e. The molecular weight excluding hydrogens is 356 g/mol. The van der Waals surface area contributed by atoms with Crippen LogP contribution >= 0.6 is 12.4 Å². The number of nitrogens with zero attached hydrogens (tertiary/aromatic N) is 1. The molecule has 1 aromatic rings. The lowest BCUT2D eigenvalue weighted by atomic mass is 9.91. The molecule has 0 radical (unpaired) electrons. The highest BCUT2D eigenvalue weighted by Crippen LogP contribution is 2.32. The van der Waals surface area contributed by atoms with Gasteiger partial charge in [0.05, 0.1) is 5.69 Å². The number of anilines is 2. The second kappa shape index (κ2) is 8.70.